The minimum Gasteiger partial charge on any atom is -0.488 e. The van der Waals surface area contributed by atoms with Gasteiger partial charge in [-0.05, 0) is 71.0 Å². The van der Waals surface area contributed by atoms with Crippen molar-refractivity contribution >= 4 is 45.8 Å². The quantitative estimate of drug-likeness (QED) is 0.0886. The van der Waals surface area contributed by atoms with Crippen molar-refractivity contribution in [1.82, 2.24) is 40.4 Å². The Labute approximate surface area is 380 Å². The van der Waals surface area contributed by atoms with Gasteiger partial charge in [0.25, 0.3) is 0 Å². The first-order valence-corrected chi connectivity index (χ1v) is 22.1. The maximum atomic E-state index is 14.1. The number of nitrogens with zero attached hydrogens (tertiary/aromatic N) is 4. The molecule has 2 aromatic heterocycles. The van der Waals surface area contributed by atoms with Crippen LogP contribution in [0.4, 0.5) is 18.4 Å². The fraction of sp³-hybridized carbons (Fsp3) is 0.489. The predicted octanol–water partition coefficient (Wildman–Crippen LogP) is 7.09. The van der Waals surface area contributed by atoms with Gasteiger partial charge in [0.05, 0.1) is 62.4 Å². The van der Waals surface area contributed by atoms with Crippen molar-refractivity contribution in [3.63, 3.8) is 0 Å². The van der Waals surface area contributed by atoms with E-state index in [0.717, 1.165) is 44.2 Å². The molecule has 0 spiro atoms. The van der Waals surface area contributed by atoms with Crippen LogP contribution in [-0.4, -0.2) is 120 Å². The highest BCUT2D eigenvalue weighted by atomic mass is 19.3. The zero-order valence-corrected chi connectivity index (χ0v) is 38.0. The molecular formula is C47H56F2N8O9. The van der Waals surface area contributed by atoms with E-state index in [1.165, 1.54) is 14.2 Å². The lowest BCUT2D eigenvalue weighted by molar-refractivity contribution is -0.139. The molecule has 3 aliphatic heterocycles. The van der Waals surface area contributed by atoms with E-state index in [9.17, 15) is 28.0 Å². The minimum absolute atomic E-state index is 0.0799. The largest absolute Gasteiger partial charge is 0.488 e. The maximum absolute atomic E-state index is 14.1. The minimum atomic E-state index is -2.95. The summed E-state index contributed by atoms with van der Waals surface area (Å²) in [6, 6.07) is 11.4. The molecule has 3 aromatic carbocycles. The van der Waals surface area contributed by atoms with Crippen LogP contribution in [0.15, 0.2) is 48.7 Å². The van der Waals surface area contributed by atoms with Crippen LogP contribution in [0.1, 0.15) is 69.8 Å². The van der Waals surface area contributed by atoms with E-state index < -0.39 is 42.8 Å². The highest BCUT2D eigenvalue weighted by molar-refractivity contribution is 6.07. The molecule has 6 atom stereocenters. The second-order valence-corrected chi connectivity index (χ2v) is 18.0. The molecule has 352 valence electrons. The van der Waals surface area contributed by atoms with Crippen LogP contribution < -0.4 is 15.4 Å². The number of aromatic amines is 2. The summed E-state index contributed by atoms with van der Waals surface area (Å²) in [4.78, 5) is 72.4. The van der Waals surface area contributed by atoms with Crippen molar-refractivity contribution < 1.29 is 51.6 Å². The van der Waals surface area contributed by atoms with Gasteiger partial charge in [-0.2, -0.15) is 8.78 Å². The van der Waals surface area contributed by atoms with Gasteiger partial charge in [0, 0.05) is 43.0 Å². The molecule has 19 heteroatoms. The number of likely N-dealkylation sites (tertiary alicyclic amines) is 2. The summed E-state index contributed by atoms with van der Waals surface area (Å²) in [6.07, 6.45) is 1.30. The second kappa shape index (κ2) is 19.2. The standard InChI is InChI=1S/C47H56F2N8O9/c1-23(2)38(54-46(60)63-6)43(58)56-18-25(20-62-5)12-35(56)41-50-17-34(52-41)28-8-10-30-29(14-28)22-65-37-16-31-27(15-32(30)37)9-11-33-40(31)53-42(51-33)36-13-26(21-66-45(48)49)19-57(36)44(59)39(24(3)4)55-47(61)64-7/h8-11,14-17,23-26,35-36,38-39,45H,12-13,18-22H2,1-7H3,(H,50,52)(H,51,53)(H,54,60)(H,55,61)/t25-,26-,35-,36?,38-,39-/m0/s1. The lowest BCUT2D eigenvalue weighted by atomic mass is 9.92. The third-order valence-corrected chi connectivity index (χ3v) is 12.9. The smallest absolute Gasteiger partial charge is 0.407 e. The SMILES string of the molecule is COC[C@H]1C[C@@H](c2ncc(-c3ccc4c(c3)COc3cc5c(ccc6nc(C7C[C@H](COC(F)F)CN7C(=O)[C@@H](NC(=O)OC)C(C)C)[nH]c65)cc3-4)[nH]2)N(C(=O)[C@@H](NC(=O)OC)C(C)C)C1. The van der Waals surface area contributed by atoms with Gasteiger partial charge in [-0.15, -0.1) is 0 Å². The molecule has 66 heavy (non-hydrogen) atoms. The topological polar surface area (TPSA) is 202 Å². The van der Waals surface area contributed by atoms with Gasteiger partial charge in [-0.25, -0.2) is 19.6 Å². The molecule has 3 aliphatic rings. The molecule has 0 saturated carbocycles. The number of carbonyl (C=O) groups is 4. The zero-order chi connectivity index (χ0) is 47.0. The van der Waals surface area contributed by atoms with Crippen LogP contribution in [-0.2, 0) is 35.1 Å². The Morgan fingerprint density at radius 2 is 1.44 bits per heavy atom. The molecule has 5 heterocycles. The molecule has 2 saturated heterocycles. The highest BCUT2D eigenvalue weighted by Crippen LogP contribution is 2.44. The van der Waals surface area contributed by atoms with E-state index in [2.05, 4.69) is 43.5 Å². The molecule has 1 unspecified atom stereocenters. The normalized spacial score (nSPS) is 20.1. The molecule has 2 fully saturated rings. The number of benzene rings is 3. The summed E-state index contributed by atoms with van der Waals surface area (Å²) < 4.78 is 52.4. The molecule has 17 nitrogen and oxygen atoms in total. The van der Waals surface area contributed by atoms with Crippen LogP contribution in [0.25, 0.3) is 44.2 Å². The van der Waals surface area contributed by atoms with Crippen LogP contribution in [0.3, 0.4) is 0 Å². The Hall–Kier alpha value is -6.34. The van der Waals surface area contributed by atoms with Crippen LogP contribution in [0.5, 0.6) is 5.75 Å². The number of nitrogens with one attached hydrogen (secondary N) is 4. The number of hydrogen-bond donors (Lipinski definition) is 4. The molecule has 0 aliphatic carbocycles. The van der Waals surface area contributed by atoms with Crippen molar-refractivity contribution in [2.75, 3.05) is 47.6 Å². The molecule has 0 radical (unpaired) electrons. The summed E-state index contributed by atoms with van der Waals surface area (Å²) in [7, 11) is 4.13. The summed E-state index contributed by atoms with van der Waals surface area (Å²) in [6.45, 7) is 5.53. The molecule has 4 N–H and O–H groups in total. The number of amides is 4. The van der Waals surface area contributed by atoms with Crippen LogP contribution in [0, 0.1) is 23.7 Å². The lowest BCUT2D eigenvalue weighted by Crippen LogP contribution is -2.51. The van der Waals surface area contributed by atoms with Crippen molar-refractivity contribution in [1.29, 1.82) is 0 Å². The number of ether oxygens (including phenoxy) is 5. The summed E-state index contributed by atoms with van der Waals surface area (Å²) >= 11 is 0. The number of aromatic nitrogens is 4. The number of carbonyl (C=O) groups excluding carboxylic acids is 4. The molecule has 4 amide bonds. The van der Waals surface area contributed by atoms with Gasteiger partial charge in [0.15, 0.2) is 0 Å². The second-order valence-electron chi connectivity index (χ2n) is 18.0. The molecule has 0 bridgehead atoms. The van der Waals surface area contributed by atoms with Gasteiger partial charge in [0.2, 0.25) is 11.8 Å². The van der Waals surface area contributed by atoms with E-state index in [0.29, 0.717) is 55.5 Å². The first-order valence-electron chi connectivity index (χ1n) is 22.1. The highest BCUT2D eigenvalue weighted by Gasteiger charge is 2.43. The van der Waals surface area contributed by atoms with Gasteiger partial charge < -0.3 is 54.1 Å². The number of hydrogen-bond acceptors (Lipinski definition) is 11. The maximum Gasteiger partial charge on any atom is 0.407 e. The van der Waals surface area contributed by atoms with Crippen molar-refractivity contribution in [2.24, 2.45) is 23.7 Å². The fourth-order valence-electron chi connectivity index (χ4n) is 9.58. The molecular weight excluding hydrogens is 859 g/mol. The van der Waals surface area contributed by atoms with E-state index in [-0.39, 0.29) is 48.8 Å². The van der Waals surface area contributed by atoms with Crippen LogP contribution in [0.2, 0.25) is 0 Å². The summed E-state index contributed by atoms with van der Waals surface area (Å²) in [5.74, 6) is 0.427. The summed E-state index contributed by atoms with van der Waals surface area (Å²) in [5, 5.41) is 7.11. The number of methoxy groups -OCH3 is 3. The zero-order valence-electron chi connectivity index (χ0n) is 38.0. The number of H-pyrrole nitrogens is 2. The Balaban J connectivity index is 1.06. The van der Waals surface area contributed by atoms with E-state index in [4.69, 9.17) is 28.9 Å². The van der Waals surface area contributed by atoms with Crippen molar-refractivity contribution in [2.45, 2.75) is 77.9 Å². The third kappa shape index (κ3) is 9.22. The number of alkyl carbamates (subject to hydrolysis) is 2. The lowest BCUT2D eigenvalue weighted by Gasteiger charge is -2.30. The van der Waals surface area contributed by atoms with E-state index in [1.807, 2.05) is 38.1 Å². The van der Waals surface area contributed by atoms with Gasteiger partial charge in [-0.1, -0.05) is 45.9 Å². The number of rotatable bonds is 14. The average Bonchev–Trinajstić information content (AvgIpc) is 4.13. The fourth-order valence-corrected chi connectivity index (χ4v) is 9.58. The van der Waals surface area contributed by atoms with Gasteiger partial charge in [0.1, 0.15) is 36.1 Å². The molecule has 8 rings (SSSR count). The Bertz CT molecular complexity index is 2620. The Morgan fingerprint density at radius 3 is 2.05 bits per heavy atom. The number of imidazole rings is 2. The van der Waals surface area contributed by atoms with Gasteiger partial charge in [-0.3, -0.25) is 9.59 Å². The number of halogens is 2. The Morgan fingerprint density at radius 1 is 0.803 bits per heavy atom. The van der Waals surface area contributed by atoms with Crippen molar-refractivity contribution in [3.05, 3.63) is 65.9 Å². The monoisotopic (exact) mass is 914 g/mol. The number of fused-ring (bicyclic) bond motifs is 6. The number of alkyl halides is 2. The first kappa shape index (κ1) is 46.2. The summed E-state index contributed by atoms with van der Waals surface area (Å²) in [5.41, 5.74) is 5.96. The van der Waals surface area contributed by atoms with E-state index >= 15 is 0 Å². The van der Waals surface area contributed by atoms with E-state index in [1.54, 1.807) is 37.0 Å². The van der Waals surface area contributed by atoms with Crippen LogP contribution >= 0.6 is 0 Å². The predicted molar refractivity (Wildman–Crippen MR) is 238 cm³/mol. The average molecular weight is 915 g/mol. The van der Waals surface area contributed by atoms with Gasteiger partial charge >= 0.3 is 18.8 Å². The molecule has 5 aromatic rings. The Kier molecular flexibility index (Phi) is 13.5. The first-order chi connectivity index (χ1) is 31.7. The van der Waals surface area contributed by atoms with Crippen molar-refractivity contribution in [3.8, 4) is 28.1 Å². The third-order valence-electron chi connectivity index (χ3n) is 12.9.